The van der Waals surface area contributed by atoms with E-state index >= 15 is 0 Å². The minimum absolute atomic E-state index is 0.0934. The lowest BCUT2D eigenvalue weighted by Crippen LogP contribution is -2.40. The second kappa shape index (κ2) is 7.65. The Morgan fingerprint density at radius 1 is 0.912 bits per heavy atom. The van der Waals surface area contributed by atoms with Crippen LogP contribution in [-0.2, 0) is 14.3 Å². The third kappa shape index (κ3) is 3.03. The normalized spacial score (nSPS) is 30.1. The summed E-state index contributed by atoms with van der Waals surface area (Å²) in [5.41, 5.74) is 0.704. The van der Waals surface area contributed by atoms with E-state index in [-0.39, 0.29) is 52.5 Å². The topological polar surface area (TPSA) is 90.0 Å². The molecule has 0 unspecified atom stereocenters. The van der Waals surface area contributed by atoms with Crippen molar-refractivity contribution in [3.05, 3.63) is 71.8 Å². The maximum atomic E-state index is 13.4. The van der Waals surface area contributed by atoms with Crippen LogP contribution in [0.1, 0.15) is 27.1 Å². The molecule has 4 aliphatic carbocycles. The molecule has 2 amide bonds. The standard InChI is InChI=1S/C27H23NO6/c1-33-15-8-6-14(7-9-15)22(29)13-34-27(32)18-4-2-3-5-21(18)28-25(30)23-16-10-11-17(20-12-19(16)20)24(23)26(28)31/h2-11,16-17,19-20,23-24H,12-13H2,1H3/t16-,17-,19-,20+,23-,24+/m0/s1. The summed E-state index contributed by atoms with van der Waals surface area (Å²) in [6, 6.07) is 12.9. The van der Waals surface area contributed by atoms with E-state index < -0.39 is 12.6 Å². The molecule has 0 radical (unpaired) electrons. The van der Waals surface area contributed by atoms with Gasteiger partial charge in [0.25, 0.3) is 0 Å². The Kier molecular flexibility index (Phi) is 4.69. The Morgan fingerprint density at radius 2 is 1.53 bits per heavy atom. The Bertz CT molecular complexity index is 1210. The largest absolute Gasteiger partial charge is 0.497 e. The van der Waals surface area contributed by atoms with Crippen LogP contribution in [0.15, 0.2) is 60.7 Å². The molecular formula is C27H23NO6. The van der Waals surface area contributed by atoms with E-state index in [2.05, 4.69) is 12.2 Å². The van der Waals surface area contributed by atoms with Crippen LogP contribution in [0.5, 0.6) is 5.75 Å². The zero-order valence-corrected chi connectivity index (χ0v) is 18.5. The number of nitrogens with zero attached hydrogens (tertiary/aromatic N) is 1. The number of ether oxygens (including phenoxy) is 2. The molecule has 7 nitrogen and oxygen atoms in total. The van der Waals surface area contributed by atoms with Crippen molar-refractivity contribution in [2.75, 3.05) is 18.6 Å². The summed E-state index contributed by atoms with van der Waals surface area (Å²) in [6.45, 7) is -0.454. The van der Waals surface area contributed by atoms with Crippen molar-refractivity contribution in [2.45, 2.75) is 6.42 Å². The number of methoxy groups -OCH3 is 1. The summed E-state index contributed by atoms with van der Waals surface area (Å²) >= 11 is 0. The summed E-state index contributed by atoms with van der Waals surface area (Å²) in [7, 11) is 1.53. The summed E-state index contributed by atoms with van der Waals surface area (Å²) in [5.74, 6) is -0.502. The van der Waals surface area contributed by atoms with Crippen molar-refractivity contribution in [1.82, 2.24) is 0 Å². The number of allylic oxidation sites excluding steroid dienone is 2. The lowest BCUT2D eigenvalue weighted by Gasteiger charge is -2.37. The fraction of sp³-hybridized carbons (Fsp3) is 0.333. The molecule has 3 fully saturated rings. The van der Waals surface area contributed by atoms with Crippen LogP contribution in [-0.4, -0.2) is 37.3 Å². The van der Waals surface area contributed by atoms with Crippen LogP contribution >= 0.6 is 0 Å². The number of anilines is 1. The van der Waals surface area contributed by atoms with Crippen LogP contribution in [0.4, 0.5) is 5.69 Å². The van der Waals surface area contributed by atoms with Crippen LogP contribution in [0.3, 0.4) is 0 Å². The molecule has 2 aromatic rings. The monoisotopic (exact) mass is 457 g/mol. The van der Waals surface area contributed by atoms with Crippen LogP contribution in [0.2, 0.25) is 0 Å². The van der Waals surface area contributed by atoms with Crippen molar-refractivity contribution in [3.8, 4) is 5.75 Å². The summed E-state index contributed by atoms with van der Waals surface area (Å²) in [6.07, 6.45) is 5.31. The Morgan fingerprint density at radius 3 is 2.15 bits per heavy atom. The summed E-state index contributed by atoms with van der Waals surface area (Å²) in [4.78, 5) is 53.4. The van der Waals surface area contributed by atoms with Gasteiger partial charge in [0.05, 0.1) is 30.2 Å². The average Bonchev–Trinajstić information content (AvgIpc) is 3.65. The molecule has 7 heteroatoms. The van der Waals surface area contributed by atoms with E-state index in [1.807, 2.05) is 0 Å². The number of Topliss-reactive ketones (excluding diaryl/α,β-unsaturated/α-hetero) is 1. The van der Waals surface area contributed by atoms with Gasteiger partial charge in [0.15, 0.2) is 12.4 Å². The van der Waals surface area contributed by atoms with E-state index in [1.54, 1.807) is 42.5 Å². The van der Waals surface area contributed by atoms with Crippen molar-refractivity contribution in [3.63, 3.8) is 0 Å². The zero-order chi connectivity index (χ0) is 23.6. The number of ketones is 1. The van der Waals surface area contributed by atoms with Gasteiger partial charge in [0, 0.05) is 5.56 Å². The van der Waals surface area contributed by atoms with Gasteiger partial charge in [0.2, 0.25) is 11.8 Å². The SMILES string of the molecule is COc1ccc(C(=O)COC(=O)c2ccccc2N2C(=O)[C@@H]3[C@H]4C=C[C@@H]([C@@H]5C[C@H]45)[C@@H]3C2=O)cc1. The molecule has 0 spiro atoms. The van der Waals surface area contributed by atoms with Gasteiger partial charge in [-0.2, -0.15) is 0 Å². The zero-order valence-electron chi connectivity index (χ0n) is 18.5. The molecule has 5 aliphatic rings. The second-order valence-electron chi connectivity index (χ2n) is 9.41. The molecule has 7 rings (SSSR count). The van der Waals surface area contributed by atoms with Gasteiger partial charge in [-0.05, 0) is 66.5 Å². The van der Waals surface area contributed by atoms with Crippen molar-refractivity contribution < 1.29 is 28.7 Å². The number of esters is 1. The number of benzene rings is 2. The van der Waals surface area contributed by atoms with Gasteiger partial charge in [-0.1, -0.05) is 24.3 Å². The van der Waals surface area contributed by atoms with E-state index in [0.29, 0.717) is 23.1 Å². The minimum atomic E-state index is -0.753. The molecule has 0 N–H and O–H groups in total. The lowest BCUT2D eigenvalue weighted by molar-refractivity contribution is -0.124. The highest BCUT2D eigenvalue weighted by molar-refractivity contribution is 6.24. The smallest absolute Gasteiger partial charge is 0.340 e. The first-order valence-corrected chi connectivity index (χ1v) is 11.5. The number of carbonyl (C=O) groups excluding carboxylic acids is 4. The van der Waals surface area contributed by atoms with Gasteiger partial charge >= 0.3 is 5.97 Å². The Labute approximate surface area is 196 Å². The highest BCUT2D eigenvalue weighted by Gasteiger charge is 2.67. The number of rotatable bonds is 6. The van der Waals surface area contributed by atoms with E-state index in [1.165, 1.54) is 18.1 Å². The van der Waals surface area contributed by atoms with Crippen LogP contribution in [0.25, 0.3) is 0 Å². The Hall–Kier alpha value is -3.74. The third-order valence-electron chi connectivity index (χ3n) is 7.77. The summed E-state index contributed by atoms with van der Waals surface area (Å²) < 4.78 is 10.4. The van der Waals surface area contributed by atoms with Crippen molar-refractivity contribution >= 4 is 29.3 Å². The predicted molar refractivity (Wildman–Crippen MR) is 121 cm³/mol. The molecule has 6 atom stereocenters. The first-order valence-electron chi connectivity index (χ1n) is 11.5. The highest BCUT2D eigenvalue weighted by Crippen LogP contribution is 2.65. The van der Waals surface area contributed by atoms with Gasteiger partial charge in [-0.25, -0.2) is 9.69 Å². The Balaban J connectivity index is 1.22. The molecule has 0 aromatic heterocycles. The predicted octanol–water partition coefficient (Wildman–Crippen LogP) is 3.29. The number of amides is 2. The van der Waals surface area contributed by atoms with Gasteiger partial charge < -0.3 is 9.47 Å². The van der Waals surface area contributed by atoms with E-state index in [0.717, 1.165) is 6.42 Å². The van der Waals surface area contributed by atoms with E-state index in [9.17, 15) is 19.2 Å². The fourth-order valence-corrected chi connectivity index (χ4v) is 6.10. The lowest BCUT2D eigenvalue weighted by atomic mass is 9.63. The van der Waals surface area contributed by atoms with Crippen LogP contribution < -0.4 is 9.64 Å². The number of imide groups is 1. The molecule has 2 aromatic carbocycles. The molecule has 2 bridgehead atoms. The van der Waals surface area contributed by atoms with Gasteiger partial charge in [-0.3, -0.25) is 14.4 Å². The molecule has 172 valence electrons. The molecule has 34 heavy (non-hydrogen) atoms. The first-order chi connectivity index (χ1) is 16.5. The highest BCUT2D eigenvalue weighted by atomic mass is 16.5. The minimum Gasteiger partial charge on any atom is -0.497 e. The number of carbonyl (C=O) groups is 4. The first kappa shape index (κ1) is 20.8. The van der Waals surface area contributed by atoms with Crippen LogP contribution in [0, 0.1) is 35.5 Å². The molecular weight excluding hydrogens is 434 g/mol. The van der Waals surface area contributed by atoms with Crippen molar-refractivity contribution in [2.24, 2.45) is 35.5 Å². The molecule has 1 aliphatic heterocycles. The van der Waals surface area contributed by atoms with Gasteiger partial charge in [0.1, 0.15) is 5.75 Å². The summed E-state index contributed by atoms with van der Waals surface area (Å²) in [5, 5.41) is 0. The average molecular weight is 457 g/mol. The maximum absolute atomic E-state index is 13.4. The number of hydrogen-bond acceptors (Lipinski definition) is 6. The van der Waals surface area contributed by atoms with Crippen molar-refractivity contribution in [1.29, 1.82) is 0 Å². The second-order valence-corrected chi connectivity index (χ2v) is 9.41. The van der Waals surface area contributed by atoms with E-state index in [4.69, 9.17) is 9.47 Å². The number of para-hydroxylation sites is 1. The quantitative estimate of drug-likeness (QED) is 0.286. The molecule has 1 heterocycles. The number of hydrogen-bond donors (Lipinski definition) is 0. The third-order valence-corrected chi connectivity index (χ3v) is 7.77. The maximum Gasteiger partial charge on any atom is 0.340 e. The van der Waals surface area contributed by atoms with Gasteiger partial charge in [-0.15, -0.1) is 0 Å². The molecule has 2 saturated carbocycles. The molecule has 1 saturated heterocycles. The fourth-order valence-electron chi connectivity index (χ4n) is 6.10.